The van der Waals surface area contributed by atoms with Gasteiger partial charge in [0.25, 0.3) is 5.91 Å². The molecule has 0 aliphatic carbocycles. The van der Waals surface area contributed by atoms with E-state index in [9.17, 15) is 9.59 Å². The Morgan fingerprint density at radius 3 is 2.24 bits per heavy atom. The van der Waals surface area contributed by atoms with Crippen molar-refractivity contribution in [2.75, 3.05) is 17.2 Å². The van der Waals surface area contributed by atoms with Gasteiger partial charge in [-0.05, 0) is 83.5 Å². The lowest BCUT2D eigenvalue weighted by atomic mass is 10.2. The van der Waals surface area contributed by atoms with E-state index in [1.807, 2.05) is 13.8 Å². The van der Waals surface area contributed by atoms with Crippen LogP contribution in [0.1, 0.15) is 43.5 Å². The van der Waals surface area contributed by atoms with Crippen LogP contribution in [-0.4, -0.2) is 23.5 Å². The second-order valence-electron chi connectivity index (χ2n) is 6.28. The van der Waals surface area contributed by atoms with Crippen LogP contribution in [0, 0.1) is 0 Å². The Morgan fingerprint density at radius 1 is 1.00 bits per heavy atom. The molecule has 2 amide bonds. The van der Waals surface area contributed by atoms with Gasteiger partial charge < -0.3 is 15.4 Å². The zero-order valence-corrected chi connectivity index (χ0v) is 18.8. The Kier molecular flexibility index (Phi) is 9.08. The fourth-order valence-electron chi connectivity index (χ4n) is 2.40. The summed E-state index contributed by atoms with van der Waals surface area (Å²) in [4.78, 5) is 24.0. The molecule has 0 aliphatic rings. The van der Waals surface area contributed by atoms with Crippen LogP contribution in [-0.2, 0) is 4.79 Å². The summed E-state index contributed by atoms with van der Waals surface area (Å²) in [5.41, 5.74) is 1.87. The second kappa shape index (κ2) is 11.5. The molecule has 0 radical (unpaired) electrons. The van der Waals surface area contributed by atoms with Crippen LogP contribution in [0.25, 0.3) is 0 Å². The molecule has 0 bridgehead atoms. The smallest absolute Gasteiger partial charge is 0.257 e. The van der Waals surface area contributed by atoms with Crippen LogP contribution in [0.15, 0.2) is 46.9 Å². The third kappa shape index (κ3) is 7.47. The number of thiocarbonyl (C=S) groups is 1. The van der Waals surface area contributed by atoms with Crippen LogP contribution in [0.3, 0.4) is 0 Å². The normalized spacial score (nSPS) is 10.2. The predicted octanol–water partition coefficient (Wildman–Crippen LogP) is 5.10. The summed E-state index contributed by atoms with van der Waals surface area (Å²) in [6.45, 7) is 4.59. The molecule has 2 aromatic carbocycles. The maximum atomic E-state index is 12.4. The van der Waals surface area contributed by atoms with E-state index in [4.69, 9.17) is 17.0 Å². The molecule has 2 rings (SSSR count). The molecule has 0 aliphatic heterocycles. The molecule has 154 valence electrons. The van der Waals surface area contributed by atoms with Gasteiger partial charge in [-0.25, -0.2) is 0 Å². The van der Waals surface area contributed by atoms with Crippen molar-refractivity contribution in [3.63, 3.8) is 0 Å². The molecular formula is C21H24BrN3O3S. The van der Waals surface area contributed by atoms with Gasteiger partial charge >= 0.3 is 0 Å². The second-order valence-corrected chi connectivity index (χ2v) is 7.54. The maximum Gasteiger partial charge on any atom is 0.257 e. The zero-order valence-electron chi connectivity index (χ0n) is 16.4. The Balaban J connectivity index is 1.90. The van der Waals surface area contributed by atoms with Gasteiger partial charge in [0.2, 0.25) is 5.91 Å². The molecule has 0 saturated heterocycles. The Labute approximate surface area is 184 Å². The number of halogens is 1. The van der Waals surface area contributed by atoms with Crippen LogP contribution in [0.4, 0.5) is 11.4 Å². The highest BCUT2D eigenvalue weighted by molar-refractivity contribution is 9.10. The molecule has 0 unspecified atom stereocenters. The molecule has 0 saturated carbocycles. The van der Waals surface area contributed by atoms with Crippen molar-refractivity contribution in [1.82, 2.24) is 5.32 Å². The number of benzene rings is 2. The van der Waals surface area contributed by atoms with Crippen molar-refractivity contribution in [3.8, 4) is 5.75 Å². The first-order valence-electron chi connectivity index (χ1n) is 9.37. The fourth-order valence-corrected chi connectivity index (χ4v) is 3.10. The lowest BCUT2D eigenvalue weighted by Gasteiger charge is -2.12. The Morgan fingerprint density at radius 2 is 1.66 bits per heavy atom. The molecule has 0 fully saturated rings. The Hall–Kier alpha value is -2.45. The van der Waals surface area contributed by atoms with Crippen LogP contribution < -0.4 is 20.7 Å². The summed E-state index contributed by atoms with van der Waals surface area (Å²) in [6.07, 6.45) is 2.18. The van der Waals surface area contributed by atoms with E-state index in [-0.39, 0.29) is 16.9 Å². The molecular weight excluding hydrogens is 454 g/mol. The molecule has 6 nitrogen and oxygen atoms in total. The minimum Gasteiger partial charge on any atom is -0.492 e. The lowest BCUT2D eigenvalue weighted by Crippen LogP contribution is -2.34. The number of hydrogen-bond acceptors (Lipinski definition) is 4. The van der Waals surface area contributed by atoms with E-state index < -0.39 is 0 Å². The lowest BCUT2D eigenvalue weighted by molar-refractivity contribution is -0.116. The van der Waals surface area contributed by atoms with Crippen molar-refractivity contribution >= 4 is 56.4 Å². The average molecular weight is 478 g/mol. The van der Waals surface area contributed by atoms with Gasteiger partial charge in [0.05, 0.1) is 11.1 Å². The van der Waals surface area contributed by atoms with Gasteiger partial charge in [0.15, 0.2) is 5.11 Å². The zero-order chi connectivity index (χ0) is 21.2. The molecule has 3 N–H and O–H groups in total. The number of rotatable bonds is 8. The first-order valence-corrected chi connectivity index (χ1v) is 10.6. The van der Waals surface area contributed by atoms with Gasteiger partial charge in [-0.2, -0.15) is 0 Å². The van der Waals surface area contributed by atoms with Gasteiger partial charge in [-0.1, -0.05) is 13.8 Å². The number of hydrogen-bond donors (Lipinski definition) is 3. The minimum atomic E-state index is -0.325. The molecule has 0 spiro atoms. The van der Waals surface area contributed by atoms with Crippen LogP contribution >= 0.6 is 28.1 Å². The van der Waals surface area contributed by atoms with Crippen molar-refractivity contribution in [2.24, 2.45) is 0 Å². The topological polar surface area (TPSA) is 79.5 Å². The van der Waals surface area contributed by atoms with E-state index in [0.29, 0.717) is 40.2 Å². The van der Waals surface area contributed by atoms with E-state index in [0.717, 1.165) is 12.8 Å². The minimum absolute atomic E-state index is 0.0201. The number of ether oxygens (including phenoxy) is 1. The first-order chi connectivity index (χ1) is 13.9. The van der Waals surface area contributed by atoms with Gasteiger partial charge in [-0.15, -0.1) is 0 Å². The molecule has 0 heterocycles. The summed E-state index contributed by atoms with van der Waals surface area (Å²) >= 11 is 8.63. The molecule has 2 aromatic rings. The number of carbonyl (C=O) groups is 2. The highest BCUT2D eigenvalue weighted by Gasteiger charge is 2.11. The fraction of sp³-hybridized carbons (Fsp3) is 0.286. The van der Waals surface area contributed by atoms with Gasteiger partial charge in [0.1, 0.15) is 5.75 Å². The Bertz CT molecular complexity index is 872. The summed E-state index contributed by atoms with van der Waals surface area (Å²) in [5, 5.41) is 8.60. The van der Waals surface area contributed by atoms with Gasteiger partial charge in [0, 0.05) is 23.4 Å². The monoisotopic (exact) mass is 477 g/mol. The maximum absolute atomic E-state index is 12.4. The van der Waals surface area contributed by atoms with E-state index in [1.165, 1.54) is 0 Å². The quantitative estimate of drug-likeness (QED) is 0.460. The summed E-state index contributed by atoms with van der Waals surface area (Å²) in [5.74, 6) is 0.345. The van der Waals surface area contributed by atoms with Crippen LogP contribution in [0.2, 0.25) is 0 Å². The largest absolute Gasteiger partial charge is 0.492 e. The first kappa shape index (κ1) is 22.8. The van der Waals surface area contributed by atoms with Gasteiger partial charge in [-0.3, -0.25) is 14.9 Å². The van der Waals surface area contributed by atoms with E-state index in [2.05, 4.69) is 31.9 Å². The summed E-state index contributed by atoms with van der Waals surface area (Å²) < 4.78 is 6.29. The summed E-state index contributed by atoms with van der Waals surface area (Å²) in [6, 6.07) is 12.2. The molecule has 29 heavy (non-hydrogen) atoms. The van der Waals surface area contributed by atoms with Crippen molar-refractivity contribution in [2.45, 2.75) is 33.1 Å². The number of carbonyl (C=O) groups excluding carboxylic acids is 2. The van der Waals surface area contributed by atoms with E-state index in [1.54, 1.807) is 42.5 Å². The standard InChI is InChI=1S/C21H24BrN3O3S/c1-3-5-19(26)23-15-7-9-16(10-8-15)24-21(29)25-20(27)14-6-11-18(17(22)13-14)28-12-4-2/h6-11,13H,3-5,12H2,1-2H3,(H,23,26)(H2,24,25,27,29). The average Bonchev–Trinajstić information content (AvgIpc) is 2.68. The van der Waals surface area contributed by atoms with Crippen LogP contribution in [0.5, 0.6) is 5.75 Å². The third-order valence-corrected chi connectivity index (χ3v) is 4.61. The van der Waals surface area contributed by atoms with E-state index >= 15 is 0 Å². The van der Waals surface area contributed by atoms with Crippen molar-refractivity contribution < 1.29 is 14.3 Å². The van der Waals surface area contributed by atoms with Crippen molar-refractivity contribution in [1.29, 1.82) is 0 Å². The number of nitrogens with one attached hydrogen (secondary N) is 3. The highest BCUT2D eigenvalue weighted by Crippen LogP contribution is 2.26. The molecule has 0 atom stereocenters. The molecule has 0 aromatic heterocycles. The number of amides is 2. The third-order valence-electron chi connectivity index (χ3n) is 3.79. The SMILES string of the molecule is CCCOc1ccc(C(=O)NC(=S)Nc2ccc(NC(=O)CCC)cc2)cc1Br. The van der Waals surface area contributed by atoms with Crippen molar-refractivity contribution in [3.05, 3.63) is 52.5 Å². The molecule has 8 heteroatoms. The highest BCUT2D eigenvalue weighted by atomic mass is 79.9. The summed E-state index contributed by atoms with van der Waals surface area (Å²) in [7, 11) is 0. The number of anilines is 2. The predicted molar refractivity (Wildman–Crippen MR) is 124 cm³/mol.